The Hall–Kier alpha value is -1.12. The van der Waals surface area contributed by atoms with Gasteiger partial charge in [0, 0.05) is 19.5 Å². The summed E-state index contributed by atoms with van der Waals surface area (Å²) in [5.74, 6) is -1.81. The topological polar surface area (TPSA) is 63.4 Å². The average molecular weight is 308 g/mol. The van der Waals surface area contributed by atoms with Crippen molar-refractivity contribution in [2.75, 3.05) is 13.1 Å². The Labute approximate surface area is 116 Å². The van der Waals surface area contributed by atoms with Gasteiger partial charge in [-0.15, -0.1) is 0 Å². The molecule has 1 aromatic rings. The molecule has 0 saturated heterocycles. The lowest BCUT2D eigenvalue weighted by atomic mass is 10.3. The van der Waals surface area contributed by atoms with Crippen molar-refractivity contribution in [1.82, 2.24) is 4.31 Å². The number of hydrogen-bond donors (Lipinski definition) is 1. The Bertz CT molecular complexity index is 576. The highest BCUT2D eigenvalue weighted by atomic mass is 32.2. The predicted octanol–water partition coefficient (Wildman–Crippen LogP) is 1.65. The first-order valence-corrected chi connectivity index (χ1v) is 7.37. The van der Waals surface area contributed by atoms with Crippen molar-refractivity contribution in [2.45, 2.75) is 18.2 Å². The minimum atomic E-state index is -4.10. The average Bonchev–Trinajstić information content (AvgIpc) is 2.32. The van der Waals surface area contributed by atoms with Crippen LogP contribution in [0.4, 0.5) is 8.78 Å². The second kappa shape index (κ2) is 6.36. The van der Waals surface area contributed by atoms with E-state index in [-0.39, 0.29) is 24.5 Å². The molecule has 0 aliphatic rings. The zero-order valence-corrected chi connectivity index (χ0v) is 11.9. The first-order chi connectivity index (χ1) is 8.78. The van der Waals surface area contributed by atoms with Gasteiger partial charge in [0.2, 0.25) is 10.0 Å². The lowest BCUT2D eigenvalue weighted by Gasteiger charge is -2.20. The normalized spacial score (nSPS) is 11.8. The molecule has 0 saturated carbocycles. The summed E-state index contributed by atoms with van der Waals surface area (Å²) in [7, 11) is -4.10. The van der Waals surface area contributed by atoms with E-state index in [9.17, 15) is 17.2 Å². The number of benzene rings is 1. The van der Waals surface area contributed by atoms with E-state index in [1.54, 1.807) is 6.92 Å². The van der Waals surface area contributed by atoms with Crippen molar-refractivity contribution >= 4 is 27.2 Å². The van der Waals surface area contributed by atoms with Crippen LogP contribution >= 0.6 is 12.2 Å². The smallest absolute Gasteiger partial charge is 0.246 e. The number of rotatable bonds is 6. The summed E-state index contributed by atoms with van der Waals surface area (Å²) in [4.78, 5) is -0.523. The molecule has 0 aromatic heterocycles. The van der Waals surface area contributed by atoms with Crippen LogP contribution in [-0.2, 0) is 10.0 Å². The zero-order valence-electron chi connectivity index (χ0n) is 10.3. The van der Waals surface area contributed by atoms with E-state index in [4.69, 9.17) is 5.73 Å². The van der Waals surface area contributed by atoms with Crippen molar-refractivity contribution in [1.29, 1.82) is 0 Å². The SMILES string of the molecule is CCN(CCC(N)=S)S(=O)(=O)c1cc(F)ccc1F. The van der Waals surface area contributed by atoms with Crippen molar-refractivity contribution in [2.24, 2.45) is 5.73 Å². The third-order valence-corrected chi connectivity index (χ3v) is 4.66. The van der Waals surface area contributed by atoms with Crippen LogP contribution in [0.25, 0.3) is 0 Å². The van der Waals surface area contributed by atoms with Crippen LogP contribution in [0.15, 0.2) is 23.1 Å². The monoisotopic (exact) mass is 308 g/mol. The molecule has 1 rings (SSSR count). The lowest BCUT2D eigenvalue weighted by Crippen LogP contribution is -2.34. The van der Waals surface area contributed by atoms with Gasteiger partial charge in [0.15, 0.2) is 0 Å². The van der Waals surface area contributed by atoms with Gasteiger partial charge in [0.25, 0.3) is 0 Å². The quantitative estimate of drug-likeness (QED) is 0.812. The summed E-state index contributed by atoms with van der Waals surface area (Å²) in [6, 6.07) is 2.30. The van der Waals surface area contributed by atoms with Crippen LogP contribution in [0.2, 0.25) is 0 Å². The van der Waals surface area contributed by atoms with Crippen LogP contribution in [-0.4, -0.2) is 30.8 Å². The van der Waals surface area contributed by atoms with Gasteiger partial charge in [0.05, 0.1) is 4.99 Å². The Kier molecular flexibility index (Phi) is 5.33. The molecular formula is C11H14F2N2O2S2. The van der Waals surface area contributed by atoms with Crippen molar-refractivity contribution in [3.63, 3.8) is 0 Å². The van der Waals surface area contributed by atoms with E-state index in [2.05, 4.69) is 12.2 Å². The summed E-state index contributed by atoms with van der Waals surface area (Å²) in [5, 5.41) is 0. The molecule has 0 radical (unpaired) electrons. The molecular weight excluding hydrogens is 294 g/mol. The largest absolute Gasteiger partial charge is 0.393 e. The van der Waals surface area contributed by atoms with Gasteiger partial charge in [0.1, 0.15) is 16.5 Å². The highest BCUT2D eigenvalue weighted by Gasteiger charge is 2.26. The fourth-order valence-electron chi connectivity index (χ4n) is 1.50. The van der Waals surface area contributed by atoms with E-state index in [0.717, 1.165) is 16.4 Å². The maximum absolute atomic E-state index is 13.5. The van der Waals surface area contributed by atoms with Gasteiger partial charge in [-0.1, -0.05) is 19.1 Å². The Morgan fingerprint density at radius 3 is 2.58 bits per heavy atom. The molecule has 0 amide bonds. The van der Waals surface area contributed by atoms with Gasteiger partial charge in [-0.05, 0) is 18.2 Å². The molecule has 0 bridgehead atoms. The third-order valence-electron chi connectivity index (χ3n) is 2.47. The Morgan fingerprint density at radius 2 is 2.05 bits per heavy atom. The Balaban J connectivity index is 3.13. The van der Waals surface area contributed by atoms with E-state index in [1.807, 2.05) is 0 Å². The van der Waals surface area contributed by atoms with Gasteiger partial charge >= 0.3 is 0 Å². The molecule has 8 heteroatoms. The molecule has 19 heavy (non-hydrogen) atoms. The molecule has 4 nitrogen and oxygen atoms in total. The summed E-state index contributed by atoms with van der Waals surface area (Å²) in [5.41, 5.74) is 5.31. The summed E-state index contributed by atoms with van der Waals surface area (Å²) in [6.07, 6.45) is 0.180. The minimum Gasteiger partial charge on any atom is -0.393 e. The summed E-state index contributed by atoms with van der Waals surface area (Å²) < 4.78 is 52.0. The molecule has 0 spiro atoms. The maximum Gasteiger partial charge on any atom is 0.246 e. The van der Waals surface area contributed by atoms with Crippen molar-refractivity contribution in [3.05, 3.63) is 29.8 Å². The minimum absolute atomic E-state index is 0.0319. The molecule has 106 valence electrons. The fraction of sp³-hybridized carbons (Fsp3) is 0.364. The van der Waals surface area contributed by atoms with Crippen molar-refractivity contribution in [3.8, 4) is 0 Å². The molecule has 2 N–H and O–H groups in total. The molecule has 0 aliphatic heterocycles. The van der Waals surface area contributed by atoms with Crippen molar-refractivity contribution < 1.29 is 17.2 Å². The number of thiocarbonyl (C=S) groups is 1. The van der Waals surface area contributed by atoms with Crippen LogP contribution < -0.4 is 5.73 Å². The van der Waals surface area contributed by atoms with Gasteiger partial charge in [-0.25, -0.2) is 17.2 Å². The first-order valence-electron chi connectivity index (χ1n) is 5.52. The van der Waals surface area contributed by atoms with Gasteiger partial charge in [-0.2, -0.15) is 4.31 Å². The molecule has 0 unspecified atom stereocenters. The van der Waals surface area contributed by atoms with Crippen LogP contribution in [0, 0.1) is 11.6 Å². The van der Waals surface area contributed by atoms with E-state index in [1.165, 1.54) is 0 Å². The summed E-state index contributed by atoms with van der Waals surface area (Å²) >= 11 is 4.67. The summed E-state index contributed by atoms with van der Waals surface area (Å²) in [6.45, 7) is 1.74. The maximum atomic E-state index is 13.5. The lowest BCUT2D eigenvalue weighted by molar-refractivity contribution is 0.431. The van der Waals surface area contributed by atoms with Crippen LogP contribution in [0.5, 0.6) is 0 Å². The molecule has 0 fully saturated rings. The van der Waals surface area contributed by atoms with E-state index in [0.29, 0.717) is 6.07 Å². The Morgan fingerprint density at radius 1 is 1.42 bits per heavy atom. The van der Waals surface area contributed by atoms with E-state index < -0.39 is 26.6 Å². The third kappa shape index (κ3) is 3.92. The fourth-order valence-corrected chi connectivity index (χ4v) is 3.11. The van der Waals surface area contributed by atoms with E-state index >= 15 is 0 Å². The number of halogens is 2. The van der Waals surface area contributed by atoms with Crippen LogP contribution in [0.3, 0.4) is 0 Å². The predicted molar refractivity (Wildman–Crippen MR) is 72.2 cm³/mol. The number of hydrogen-bond acceptors (Lipinski definition) is 3. The second-order valence-corrected chi connectivity index (χ2v) is 6.22. The zero-order chi connectivity index (χ0) is 14.6. The van der Waals surface area contributed by atoms with Gasteiger partial charge < -0.3 is 5.73 Å². The van der Waals surface area contributed by atoms with Crippen LogP contribution in [0.1, 0.15) is 13.3 Å². The first kappa shape index (κ1) is 15.9. The number of sulfonamides is 1. The molecule has 0 atom stereocenters. The standard InChI is InChI=1S/C11H14F2N2O2S2/c1-2-15(6-5-11(14)18)19(16,17)10-7-8(12)3-4-9(10)13/h3-4,7H,2,5-6H2,1H3,(H2,14,18). The number of nitrogens with zero attached hydrogens (tertiary/aromatic N) is 1. The molecule has 0 aliphatic carbocycles. The highest BCUT2D eigenvalue weighted by molar-refractivity contribution is 7.89. The highest BCUT2D eigenvalue weighted by Crippen LogP contribution is 2.20. The second-order valence-electron chi connectivity index (χ2n) is 3.79. The molecule has 0 heterocycles. The van der Waals surface area contributed by atoms with Gasteiger partial charge in [-0.3, -0.25) is 0 Å². The molecule has 1 aromatic carbocycles. The number of nitrogens with two attached hydrogens (primary N) is 1.